The number of halogens is 1. The van der Waals surface area contributed by atoms with E-state index in [0.717, 1.165) is 24.0 Å². The molecule has 0 spiro atoms. The molecule has 160 valence electrons. The summed E-state index contributed by atoms with van der Waals surface area (Å²) in [5.74, 6) is 2.32. The van der Waals surface area contributed by atoms with E-state index >= 15 is 0 Å². The Labute approximate surface area is 191 Å². The number of aliphatic imine (C=N–C) groups is 1. The molecule has 0 radical (unpaired) electrons. The Kier molecular flexibility index (Phi) is 11.5. The van der Waals surface area contributed by atoms with Gasteiger partial charge in [-0.1, -0.05) is 30.3 Å². The highest BCUT2D eigenvalue weighted by Crippen LogP contribution is 2.19. The Morgan fingerprint density at radius 2 is 1.72 bits per heavy atom. The van der Waals surface area contributed by atoms with E-state index in [1.807, 2.05) is 31.2 Å². The molecule has 1 unspecified atom stereocenters. The number of ether oxygens (including phenoxy) is 2. The van der Waals surface area contributed by atoms with Crippen LogP contribution in [-0.2, 0) is 13.1 Å². The smallest absolute Gasteiger partial charge is 0.191 e. The van der Waals surface area contributed by atoms with Gasteiger partial charge in [-0.15, -0.1) is 24.0 Å². The van der Waals surface area contributed by atoms with Crippen molar-refractivity contribution in [2.45, 2.75) is 26.1 Å². The van der Waals surface area contributed by atoms with Gasteiger partial charge in [0.25, 0.3) is 0 Å². The molecule has 0 aromatic heterocycles. The molecule has 2 aromatic carbocycles. The largest absolute Gasteiger partial charge is 0.497 e. The standard InChI is InChI=1S/C22H32N4O2.HI/c1-17(28-21-11-7-10-20(13-21)27-5)14-24-22(23-2)25-15-18-8-6-9-19(12-18)16-26(3)4;/h6-13,17H,14-16H2,1-5H3,(H2,23,24,25);1H. The summed E-state index contributed by atoms with van der Waals surface area (Å²) in [7, 11) is 7.57. The lowest BCUT2D eigenvalue weighted by Crippen LogP contribution is -2.41. The molecule has 2 aromatic rings. The van der Waals surface area contributed by atoms with Crippen LogP contribution in [0.3, 0.4) is 0 Å². The normalized spacial score (nSPS) is 12.1. The van der Waals surface area contributed by atoms with Crippen molar-refractivity contribution in [1.82, 2.24) is 15.5 Å². The van der Waals surface area contributed by atoms with Gasteiger partial charge in [-0.2, -0.15) is 0 Å². The van der Waals surface area contributed by atoms with E-state index < -0.39 is 0 Å². The fourth-order valence-electron chi connectivity index (χ4n) is 2.80. The van der Waals surface area contributed by atoms with Crippen molar-refractivity contribution in [3.05, 3.63) is 59.7 Å². The predicted molar refractivity (Wildman–Crippen MR) is 131 cm³/mol. The highest BCUT2D eigenvalue weighted by molar-refractivity contribution is 14.0. The molecule has 1 atom stereocenters. The van der Waals surface area contributed by atoms with Crippen LogP contribution in [0.2, 0.25) is 0 Å². The van der Waals surface area contributed by atoms with Crippen molar-refractivity contribution in [3.8, 4) is 11.5 Å². The van der Waals surface area contributed by atoms with Crippen LogP contribution < -0.4 is 20.1 Å². The first-order chi connectivity index (χ1) is 13.5. The number of nitrogens with zero attached hydrogens (tertiary/aromatic N) is 2. The summed E-state index contributed by atoms with van der Waals surface area (Å²) >= 11 is 0. The lowest BCUT2D eigenvalue weighted by atomic mass is 10.1. The fourth-order valence-corrected chi connectivity index (χ4v) is 2.80. The van der Waals surface area contributed by atoms with Gasteiger partial charge in [0.2, 0.25) is 0 Å². The third-order valence-corrected chi connectivity index (χ3v) is 4.11. The molecule has 0 aliphatic rings. The molecule has 0 aliphatic carbocycles. The molecule has 6 nitrogen and oxygen atoms in total. The van der Waals surface area contributed by atoms with Gasteiger partial charge in [-0.05, 0) is 44.3 Å². The van der Waals surface area contributed by atoms with Crippen LogP contribution in [0.1, 0.15) is 18.1 Å². The number of hydrogen-bond donors (Lipinski definition) is 2. The summed E-state index contributed by atoms with van der Waals surface area (Å²) < 4.78 is 11.2. The number of rotatable bonds is 9. The molecule has 0 fully saturated rings. The zero-order valence-electron chi connectivity index (χ0n) is 17.9. The van der Waals surface area contributed by atoms with Gasteiger partial charge in [0.1, 0.15) is 17.6 Å². The Balaban J connectivity index is 0.00000420. The summed E-state index contributed by atoms with van der Waals surface area (Å²) in [6, 6.07) is 16.2. The fraction of sp³-hybridized carbons (Fsp3) is 0.409. The second kappa shape index (κ2) is 13.3. The lowest BCUT2D eigenvalue weighted by molar-refractivity contribution is 0.223. The highest BCUT2D eigenvalue weighted by Gasteiger charge is 2.07. The average Bonchev–Trinajstić information content (AvgIpc) is 2.68. The minimum atomic E-state index is -0.0194. The van der Waals surface area contributed by atoms with E-state index in [1.165, 1.54) is 11.1 Å². The van der Waals surface area contributed by atoms with E-state index in [9.17, 15) is 0 Å². The van der Waals surface area contributed by atoms with E-state index in [2.05, 4.69) is 58.9 Å². The molecule has 2 N–H and O–H groups in total. The topological polar surface area (TPSA) is 58.1 Å². The Morgan fingerprint density at radius 1 is 1.03 bits per heavy atom. The maximum absolute atomic E-state index is 5.94. The third-order valence-electron chi connectivity index (χ3n) is 4.11. The number of hydrogen-bond acceptors (Lipinski definition) is 4. The van der Waals surface area contributed by atoms with Gasteiger partial charge in [0.15, 0.2) is 5.96 Å². The highest BCUT2D eigenvalue weighted by atomic mass is 127. The summed E-state index contributed by atoms with van der Waals surface area (Å²) in [6.45, 7) is 4.30. The number of nitrogens with one attached hydrogen (secondary N) is 2. The predicted octanol–water partition coefficient (Wildman–Crippen LogP) is 3.51. The Morgan fingerprint density at radius 3 is 2.41 bits per heavy atom. The van der Waals surface area contributed by atoms with Crippen molar-refractivity contribution in [3.63, 3.8) is 0 Å². The molecule has 29 heavy (non-hydrogen) atoms. The summed E-state index contributed by atoms with van der Waals surface area (Å²) in [4.78, 5) is 6.45. The van der Waals surface area contributed by atoms with Crippen LogP contribution in [0.5, 0.6) is 11.5 Å². The molecule has 0 bridgehead atoms. The first-order valence-corrected chi connectivity index (χ1v) is 9.48. The van der Waals surface area contributed by atoms with Crippen LogP contribution in [-0.4, -0.2) is 51.8 Å². The van der Waals surface area contributed by atoms with Crippen molar-refractivity contribution < 1.29 is 9.47 Å². The summed E-state index contributed by atoms with van der Waals surface area (Å²) in [6.07, 6.45) is -0.0194. The summed E-state index contributed by atoms with van der Waals surface area (Å²) in [5.41, 5.74) is 2.52. The zero-order chi connectivity index (χ0) is 20.4. The maximum atomic E-state index is 5.94. The van der Waals surface area contributed by atoms with Crippen LogP contribution >= 0.6 is 24.0 Å². The van der Waals surface area contributed by atoms with Crippen LogP contribution in [0.25, 0.3) is 0 Å². The van der Waals surface area contributed by atoms with Crippen molar-refractivity contribution >= 4 is 29.9 Å². The van der Waals surface area contributed by atoms with Gasteiger partial charge in [0.05, 0.1) is 13.7 Å². The van der Waals surface area contributed by atoms with Crippen molar-refractivity contribution in [2.75, 3.05) is 34.8 Å². The van der Waals surface area contributed by atoms with E-state index in [1.54, 1.807) is 14.2 Å². The monoisotopic (exact) mass is 512 g/mol. The molecular formula is C22H33IN4O2. The second-order valence-electron chi connectivity index (χ2n) is 6.97. The number of benzene rings is 2. The maximum Gasteiger partial charge on any atom is 0.191 e. The van der Waals surface area contributed by atoms with Crippen molar-refractivity contribution in [2.24, 2.45) is 4.99 Å². The first kappa shape index (κ1) is 25.0. The van der Waals surface area contributed by atoms with E-state index in [0.29, 0.717) is 13.1 Å². The van der Waals surface area contributed by atoms with Crippen molar-refractivity contribution in [1.29, 1.82) is 0 Å². The molecule has 0 heterocycles. The second-order valence-corrected chi connectivity index (χ2v) is 6.97. The van der Waals surface area contributed by atoms with Crippen LogP contribution in [0.4, 0.5) is 0 Å². The molecule has 0 saturated carbocycles. The zero-order valence-corrected chi connectivity index (χ0v) is 20.3. The third kappa shape index (κ3) is 9.36. The minimum absolute atomic E-state index is 0. The summed E-state index contributed by atoms with van der Waals surface area (Å²) in [5, 5.41) is 6.66. The molecule has 0 saturated heterocycles. The molecular weight excluding hydrogens is 479 g/mol. The quantitative estimate of drug-likeness (QED) is 0.306. The Hall–Kier alpha value is -2.00. The van der Waals surface area contributed by atoms with Crippen LogP contribution in [0.15, 0.2) is 53.5 Å². The van der Waals surface area contributed by atoms with Gasteiger partial charge in [-0.25, -0.2) is 0 Å². The molecule has 0 aliphatic heterocycles. The van der Waals surface area contributed by atoms with Crippen LogP contribution in [0, 0.1) is 0 Å². The molecule has 2 rings (SSSR count). The van der Waals surface area contributed by atoms with E-state index in [4.69, 9.17) is 9.47 Å². The number of guanidine groups is 1. The van der Waals surface area contributed by atoms with Gasteiger partial charge in [0, 0.05) is 26.2 Å². The number of methoxy groups -OCH3 is 1. The van der Waals surface area contributed by atoms with Gasteiger partial charge < -0.3 is 25.0 Å². The first-order valence-electron chi connectivity index (χ1n) is 9.48. The van der Waals surface area contributed by atoms with Gasteiger partial charge >= 0.3 is 0 Å². The molecule has 7 heteroatoms. The SMILES string of the molecule is CN=C(NCc1cccc(CN(C)C)c1)NCC(C)Oc1cccc(OC)c1.I. The lowest BCUT2D eigenvalue weighted by Gasteiger charge is -2.18. The minimum Gasteiger partial charge on any atom is -0.497 e. The van der Waals surface area contributed by atoms with Gasteiger partial charge in [-0.3, -0.25) is 4.99 Å². The molecule has 0 amide bonds. The average molecular weight is 512 g/mol. The van der Waals surface area contributed by atoms with E-state index in [-0.39, 0.29) is 30.1 Å². The Bertz CT molecular complexity index is 768.